The highest BCUT2D eigenvalue weighted by Gasteiger charge is 2.07. The fourth-order valence-corrected chi connectivity index (χ4v) is 2.60. The molecule has 1 rings (SSSR count). The standard InChI is InChI=1S/C25H30O7/c1-17(24(15-27)25(30)13-22(29)11-18(2)28)5-6-21(14-26)12-19(3)32-16-20-7-9-23(31-4)10-8-20/h5-13,15,19,26,29-30H,14,16H2,1-4H3/b6-5+,21-12-,22-11-,24-17-,25-13-/t19-/m0/s1. The van der Waals surface area contributed by atoms with Gasteiger partial charge in [-0.3, -0.25) is 9.59 Å². The minimum Gasteiger partial charge on any atom is -0.508 e. The van der Waals surface area contributed by atoms with Gasteiger partial charge in [0.05, 0.1) is 32.0 Å². The molecule has 172 valence electrons. The van der Waals surface area contributed by atoms with Gasteiger partial charge < -0.3 is 24.8 Å². The largest absolute Gasteiger partial charge is 0.508 e. The zero-order valence-corrected chi connectivity index (χ0v) is 18.7. The van der Waals surface area contributed by atoms with E-state index in [4.69, 9.17) is 9.47 Å². The molecule has 0 aliphatic rings. The van der Waals surface area contributed by atoms with Crippen molar-refractivity contribution in [3.05, 3.63) is 88.4 Å². The Labute approximate surface area is 188 Å². The zero-order chi connectivity index (χ0) is 24.1. The summed E-state index contributed by atoms with van der Waals surface area (Å²) in [7, 11) is 1.60. The summed E-state index contributed by atoms with van der Waals surface area (Å²) in [5.74, 6) is -0.591. The average Bonchev–Trinajstić information content (AvgIpc) is 2.75. The van der Waals surface area contributed by atoms with Gasteiger partial charge in [-0.1, -0.05) is 30.4 Å². The molecule has 1 aromatic rings. The lowest BCUT2D eigenvalue weighted by Crippen LogP contribution is -2.06. The highest BCUT2D eigenvalue weighted by molar-refractivity contribution is 5.88. The molecule has 0 unspecified atom stereocenters. The van der Waals surface area contributed by atoms with Crippen molar-refractivity contribution < 1.29 is 34.4 Å². The van der Waals surface area contributed by atoms with E-state index in [0.717, 1.165) is 23.5 Å². The molecule has 1 atom stereocenters. The molecule has 7 heteroatoms. The Kier molecular flexibility index (Phi) is 11.5. The lowest BCUT2D eigenvalue weighted by Gasteiger charge is -2.11. The average molecular weight is 443 g/mol. The van der Waals surface area contributed by atoms with Gasteiger partial charge in [0.2, 0.25) is 0 Å². The summed E-state index contributed by atoms with van der Waals surface area (Å²) in [4.78, 5) is 22.4. The van der Waals surface area contributed by atoms with E-state index in [1.165, 1.54) is 6.92 Å². The molecule has 0 saturated heterocycles. The maximum atomic E-state index is 11.4. The molecular formula is C25H30O7. The van der Waals surface area contributed by atoms with Crippen LogP contribution in [0.1, 0.15) is 26.3 Å². The second-order valence-corrected chi connectivity index (χ2v) is 7.02. The molecule has 0 amide bonds. The summed E-state index contributed by atoms with van der Waals surface area (Å²) in [6.07, 6.45) is 6.88. The van der Waals surface area contributed by atoms with E-state index in [2.05, 4.69) is 0 Å². The smallest absolute Gasteiger partial charge is 0.156 e. The van der Waals surface area contributed by atoms with Gasteiger partial charge in [-0.15, -0.1) is 0 Å². The lowest BCUT2D eigenvalue weighted by molar-refractivity contribution is -0.112. The summed E-state index contributed by atoms with van der Waals surface area (Å²) in [5, 5.41) is 29.3. The van der Waals surface area contributed by atoms with E-state index < -0.39 is 17.3 Å². The first-order valence-corrected chi connectivity index (χ1v) is 9.92. The first kappa shape index (κ1) is 26.6. The number of hydrogen-bond donors (Lipinski definition) is 3. The van der Waals surface area contributed by atoms with E-state index in [9.17, 15) is 24.9 Å². The summed E-state index contributed by atoms with van der Waals surface area (Å²) in [6.45, 7) is 4.81. The minimum absolute atomic E-state index is 0.0640. The predicted molar refractivity (Wildman–Crippen MR) is 122 cm³/mol. The summed E-state index contributed by atoms with van der Waals surface area (Å²) in [6, 6.07) is 7.50. The van der Waals surface area contributed by atoms with Crippen molar-refractivity contribution in [2.45, 2.75) is 33.5 Å². The number of rotatable bonds is 12. The van der Waals surface area contributed by atoms with Crippen LogP contribution in [0.4, 0.5) is 0 Å². The quantitative estimate of drug-likeness (QED) is 0.194. The number of ketones is 1. The van der Waals surface area contributed by atoms with Gasteiger partial charge >= 0.3 is 0 Å². The fraction of sp³-hybridized carbons (Fsp3) is 0.280. The SMILES string of the molecule is COc1ccc(CO[C@@H](C)/C=C(/C=C/C(C)=C(C=O)\C(O)=C\C(O)=C\C(C)=O)CO)cc1. The number of carbonyl (C=O) groups excluding carboxylic acids is 2. The second-order valence-electron chi connectivity index (χ2n) is 7.02. The van der Waals surface area contributed by atoms with Crippen molar-refractivity contribution >= 4 is 12.1 Å². The van der Waals surface area contributed by atoms with Crippen molar-refractivity contribution in [2.24, 2.45) is 0 Å². The number of methoxy groups -OCH3 is 1. The maximum Gasteiger partial charge on any atom is 0.156 e. The third-order valence-electron chi connectivity index (χ3n) is 4.31. The van der Waals surface area contributed by atoms with E-state index in [1.54, 1.807) is 32.3 Å². The molecular weight excluding hydrogens is 412 g/mol. The van der Waals surface area contributed by atoms with Gasteiger partial charge in [0, 0.05) is 12.2 Å². The molecule has 0 spiro atoms. The third-order valence-corrected chi connectivity index (χ3v) is 4.31. The first-order valence-electron chi connectivity index (χ1n) is 9.92. The molecule has 3 N–H and O–H groups in total. The Bertz CT molecular complexity index is 932. The molecule has 0 aliphatic heterocycles. The van der Waals surface area contributed by atoms with Crippen LogP contribution in [0.2, 0.25) is 0 Å². The summed E-state index contributed by atoms with van der Waals surface area (Å²) >= 11 is 0. The van der Waals surface area contributed by atoms with Crippen LogP contribution in [0, 0.1) is 0 Å². The van der Waals surface area contributed by atoms with Gasteiger partial charge in [-0.25, -0.2) is 0 Å². The van der Waals surface area contributed by atoms with Crippen LogP contribution >= 0.6 is 0 Å². The lowest BCUT2D eigenvalue weighted by atomic mass is 10.1. The van der Waals surface area contributed by atoms with Gasteiger partial charge in [0.15, 0.2) is 12.1 Å². The van der Waals surface area contributed by atoms with Crippen LogP contribution in [0.15, 0.2) is 82.9 Å². The zero-order valence-electron chi connectivity index (χ0n) is 18.7. The molecule has 0 fully saturated rings. The van der Waals surface area contributed by atoms with Gasteiger partial charge in [0.1, 0.15) is 17.3 Å². The number of allylic oxidation sites excluding steroid dienone is 5. The molecule has 7 nitrogen and oxygen atoms in total. The van der Waals surface area contributed by atoms with Crippen molar-refractivity contribution in [1.82, 2.24) is 0 Å². The monoisotopic (exact) mass is 442 g/mol. The highest BCUT2D eigenvalue weighted by atomic mass is 16.5. The molecule has 0 aliphatic carbocycles. The number of aliphatic hydroxyl groups excluding tert-OH is 3. The van der Waals surface area contributed by atoms with Crippen LogP contribution in [0.3, 0.4) is 0 Å². The Hall–Kier alpha value is -3.42. The van der Waals surface area contributed by atoms with Crippen LogP contribution in [-0.4, -0.2) is 47.2 Å². The van der Waals surface area contributed by atoms with Crippen molar-refractivity contribution in [3.8, 4) is 5.75 Å². The van der Waals surface area contributed by atoms with Crippen LogP contribution < -0.4 is 4.74 Å². The fourth-order valence-electron chi connectivity index (χ4n) is 2.60. The normalized spacial score (nSPS) is 14.8. The Morgan fingerprint density at radius 3 is 2.28 bits per heavy atom. The highest BCUT2D eigenvalue weighted by Crippen LogP contribution is 2.16. The molecule has 0 saturated carbocycles. The Morgan fingerprint density at radius 2 is 1.75 bits per heavy atom. The van der Waals surface area contributed by atoms with Crippen molar-refractivity contribution in [3.63, 3.8) is 0 Å². The number of carbonyl (C=O) groups is 2. The van der Waals surface area contributed by atoms with Gasteiger partial charge in [0.25, 0.3) is 0 Å². The minimum atomic E-state index is -0.483. The Balaban J connectivity index is 2.90. The van der Waals surface area contributed by atoms with E-state index in [1.807, 2.05) is 31.2 Å². The number of benzene rings is 1. The topological polar surface area (TPSA) is 113 Å². The van der Waals surface area contributed by atoms with Crippen molar-refractivity contribution in [1.29, 1.82) is 0 Å². The first-order chi connectivity index (χ1) is 15.2. The second kappa shape index (κ2) is 13.8. The molecule has 0 aromatic heterocycles. The summed E-state index contributed by atoms with van der Waals surface area (Å²) in [5.41, 5.74) is 1.87. The molecule has 0 radical (unpaired) electrons. The number of hydrogen-bond acceptors (Lipinski definition) is 7. The molecule has 1 aromatic carbocycles. The van der Waals surface area contributed by atoms with Crippen LogP contribution in [0.25, 0.3) is 0 Å². The van der Waals surface area contributed by atoms with E-state index in [0.29, 0.717) is 24.0 Å². The molecule has 32 heavy (non-hydrogen) atoms. The Morgan fingerprint density at radius 1 is 1.09 bits per heavy atom. The van der Waals surface area contributed by atoms with Crippen LogP contribution in [-0.2, 0) is 20.9 Å². The van der Waals surface area contributed by atoms with E-state index in [-0.39, 0.29) is 18.3 Å². The predicted octanol–water partition coefficient (Wildman–Crippen LogP) is 4.06. The van der Waals surface area contributed by atoms with Gasteiger partial charge in [-0.05, 0) is 49.6 Å². The van der Waals surface area contributed by atoms with Crippen LogP contribution in [0.5, 0.6) is 5.75 Å². The number of aliphatic hydroxyl groups is 3. The molecule has 0 heterocycles. The third kappa shape index (κ3) is 9.59. The number of ether oxygens (including phenoxy) is 2. The summed E-state index contributed by atoms with van der Waals surface area (Å²) < 4.78 is 10.9. The van der Waals surface area contributed by atoms with Crippen molar-refractivity contribution in [2.75, 3.05) is 13.7 Å². The van der Waals surface area contributed by atoms with Gasteiger partial charge in [-0.2, -0.15) is 0 Å². The maximum absolute atomic E-state index is 11.4. The number of aldehydes is 1. The van der Waals surface area contributed by atoms with E-state index >= 15 is 0 Å². The molecule has 0 bridgehead atoms.